The molecule has 0 bridgehead atoms. The lowest BCUT2D eigenvalue weighted by atomic mass is 9.33. The molecule has 1 aliphatic rings. The van der Waals surface area contributed by atoms with Crippen LogP contribution in [0.4, 0.5) is 0 Å². The van der Waals surface area contributed by atoms with Gasteiger partial charge < -0.3 is 8.98 Å². The molecule has 11 aromatic rings. The Labute approximate surface area is 337 Å². The third-order valence-corrected chi connectivity index (χ3v) is 12.4. The van der Waals surface area contributed by atoms with Crippen LogP contribution in [-0.4, -0.2) is 11.3 Å². The van der Waals surface area contributed by atoms with Crippen molar-refractivity contribution in [2.24, 2.45) is 0 Å². The summed E-state index contributed by atoms with van der Waals surface area (Å²) in [4.78, 5) is 0. The van der Waals surface area contributed by atoms with Crippen molar-refractivity contribution in [1.29, 1.82) is 0 Å². The number of hydrogen-bond acceptors (Lipinski definition) is 1. The molecular formula is C55H36BNO. The maximum absolute atomic E-state index is 7.15. The van der Waals surface area contributed by atoms with Crippen LogP contribution < -0.4 is 16.4 Å². The number of fused-ring (bicyclic) bond motifs is 8. The van der Waals surface area contributed by atoms with Crippen LogP contribution in [0.2, 0.25) is 0 Å². The van der Waals surface area contributed by atoms with E-state index in [9.17, 15) is 0 Å². The average Bonchev–Trinajstić information content (AvgIpc) is 3.84. The Hall–Kier alpha value is -7.36. The summed E-state index contributed by atoms with van der Waals surface area (Å²) in [7, 11) is 0. The molecule has 270 valence electrons. The smallest absolute Gasteiger partial charge is 0.241 e. The van der Waals surface area contributed by atoms with Crippen LogP contribution in [0, 0.1) is 0 Å². The fourth-order valence-corrected chi connectivity index (χ4v) is 9.68. The molecule has 58 heavy (non-hydrogen) atoms. The van der Waals surface area contributed by atoms with Gasteiger partial charge in [0.05, 0.1) is 16.7 Å². The highest BCUT2D eigenvalue weighted by Gasteiger charge is 2.30. The number of aromatic nitrogens is 1. The van der Waals surface area contributed by atoms with Crippen molar-refractivity contribution in [1.82, 2.24) is 4.57 Å². The van der Waals surface area contributed by atoms with Gasteiger partial charge in [0.15, 0.2) is 5.58 Å². The fraction of sp³-hybridized carbons (Fsp3) is 0.0182. The highest BCUT2D eigenvalue weighted by molar-refractivity contribution is 6.96. The fourth-order valence-electron chi connectivity index (χ4n) is 9.68. The number of furan rings is 1. The number of hydrogen-bond donors (Lipinski definition) is 0. The largest absolute Gasteiger partial charge is 0.453 e. The van der Waals surface area contributed by atoms with Crippen LogP contribution in [0.5, 0.6) is 0 Å². The van der Waals surface area contributed by atoms with Gasteiger partial charge in [-0.25, -0.2) is 0 Å². The van der Waals surface area contributed by atoms with Gasteiger partial charge in [-0.05, 0) is 75.7 Å². The predicted molar refractivity (Wildman–Crippen MR) is 245 cm³/mol. The SMILES string of the molecule is c1ccc(-c2ccc3c(c2)c2cc(-c4ccccc4)ccc2n3-c2cccc3c2oc2c(-c4cccc(B5c6ccccc6Cc6ccccc65)c4)cccc23)cc1. The van der Waals surface area contributed by atoms with Crippen molar-refractivity contribution in [2.75, 3.05) is 0 Å². The van der Waals surface area contributed by atoms with Crippen molar-refractivity contribution >= 4 is 66.8 Å². The Balaban J connectivity index is 1.05. The molecule has 0 saturated carbocycles. The van der Waals surface area contributed by atoms with Gasteiger partial charge in [0.25, 0.3) is 0 Å². The van der Waals surface area contributed by atoms with E-state index in [-0.39, 0.29) is 6.71 Å². The van der Waals surface area contributed by atoms with Gasteiger partial charge in [-0.15, -0.1) is 0 Å². The summed E-state index contributed by atoms with van der Waals surface area (Å²) in [5, 5.41) is 4.65. The molecule has 3 heteroatoms. The van der Waals surface area contributed by atoms with Crippen molar-refractivity contribution in [3.05, 3.63) is 217 Å². The molecule has 0 spiro atoms. The summed E-state index contributed by atoms with van der Waals surface area (Å²) >= 11 is 0. The zero-order valence-electron chi connectivity index (χ0n) is 31.8. The third kappa shape index (κ3) is 5.13. The number of rotatable bonds is 5. The lowest BCUT2D eigenvalue weighted by molar-refractivity contribution is 0.667. The maximum atomic E-state index is 7.15. The Morgan fingerprint density at radius 2 is 0.914 bits per heavy atom. The Bertz CT molecular complexity index is 3230. The summed E-state index contributed by atoms with van der Waals surface area (Å²) in [6.45, 7) is 0.169. The molecule has 0 atom stereocenters. The van der Waals surface area contributed by atoms with E-state index in [1.165, 1.54) is 60.5 Å². The first-order chi connectivity index (χ1) is 28.8. The van der Waals surface area contributed by atoms with Crippen LogP contribution in [0.15, 0.2) is 211 Å². The predicted octanol–water partition coefficient (Wildman–Crippen LogP) is 12.1. The Morgan fingerprint density at radius 3 is 1.55 bits per heavy atom. The zero-order valence-corrected chi connectivity index (χ0v) is 31.8. The van der Waals surface area contributed by atoms with Crippen LogP contribution in [0.25, 0.3) is 82.8 Å². The second kappa shape index (κ2) is 13.1. The van der Waals surface area contributed by atoms with Gasteiger partial charge in [-0.3, -0.25) is 0 Å². The Kier molecular flexibility index (Phi) is 7.43. The second-order valence-corrected chi connectivity index (χ2v) is 15.6. The lowest BCUT2D eigenvalue weighted by Gasteiger charge is -2.27. The molecular weight excluding hydrogens is 701 g/mol. The second-order valence-electron chi connectivity index (χ2n) is 15.6. The van der Waals surface area contributed by atoms with E-state index in [0.717, 1.165) is 56.2 Å². The standard InChI is InChI=1S/C55H36BNO/c1-3-14-36(15-4-1)38-28-30-51-47(34-38)48-35-39(37-16-5-2-6-17-37)29-31-52(48)57(51)53-27-13-24-46-45-23-12-22-44(54(45)58-55(46)53)40-20-11-21-43(33-40)56-49-25-9-7-18-41(49)32-42-19-8-10-26-50(42)56/h1-31,33-35H,32H2. The summed E-state index contributed by atoms with van der Waals surface area (Å²) in [5.74, 6) is 0. The number of para-hydroxylation sites is 2. The van der Waals surface area contributed by atoms with Gasteiger partial charge in [0.2, 0.25) is 6.71 Å². The molecule has 0 amide bonds. The minimum Gasteiger partial charge on any atom is -0.453 e. The van der Waals surface area contributed by atoms with E-state index < -0.39 is 0 Å². The van der Waals surface area contributed by atoms with Crippen LogP contribution in [-0.2, 0) is 6.42 Å². The van der Waals surface area contributed by atoms with Crippen molar-refractivity contribution < 1.29 is 4.42 Å². The molecule has 2 nitrogen and oxygen atoms in total. The molecule has 1 aliphatic heterocycles. The minimum absolute atomic E-state index is 0.169. The van der Waals surface area contributed by atoms with Gasteiger partial charge in [0.1, 0.15) is 5.58 Å². The first-order valence-electron chi connectivity index (χ1n) is 20.2. The molecule has 0 unspecified atom stereocenters. The molecule has 9 aromatic carbocycles. The quantitative estimate of drug-likeness (QED) is 0.161. The topological polar surface area (TPSA) is 18.1 Å². The van der Waals surface area contributed by atoms with Crippen LogP contribution >= 0.6 is 0 Å². The summed E-state index contributed by atoms with van der Waals surface area (Å²) < 4.78 is 9.55. The molecule has 0 saturated heterocycles. The monoisotopic (exact) mass is 737 g/mol. The average molecular weight is 738 g/mol. The normalized spacial score (nSPS) is 12.4. The van der Waals surface area contributed by atoms with Gasteiger partial charge >= 0.3 is 0 Å². The van der Waals surface area contributed by atoms with Crippen molar-refractivity contribution in [2.45, 2.75) is 6.42 Å². The molecule has 2 aromatic heterocycles. The van der Waals surface area contributed by atoms with E-state index in [0.29, 0.717) is 0 Å². The molecule has 0 fully saturated rings. The summed E-state index contributed by atoms with van der Waals surface area (Å²) in [5.41, 5.74) is 19.1. The number of benzene rings is 9. The summed E-state index contributed by atoms with van der Waals surface area (Å²) in [6.07, 6.45) is 0.970. The van der Waals surface area contributed by atoms with Gasteiger partial charge in [-0.2, -0.15) is 0 Å². The number of nitrogens with zero attached hydrogens (tertiary/aromatic N) is 1. The third-order valence-electron chi connectivity index (χ3n) is 12.4. The van der Waals surface area contributed by atoms with E-state index >= 15 is 0 Å². The highest BCUT2D eigenvalue weighted by Crippen LogP contribution is 2.42. The zero-order chi connectivity index (χ0) is 38.2. The molecule has 3 heterocycles. The minimum atomic E-state index is 0.169. The van der Waals surface area contributed by atoms with Crippen molar-refractivity contribution in [3.63, 3.8) is 0 Å². The van der Waals surface area contributed by atoms with E-state index in [1.54, 1.807) is 0 Å². The van der Waals surface area contributed by atoms with Gasteiger partial charge in [0, 0.05) is 27.1 Å². The first kappa shape index (κ1) is 32.8. The highest BCUT2D eigenvalue weighted by atomic mass is 16.3. The summed E-state index contributed by atoms with van der Waals surface area (Å²) in [6, 6.07) is 75.3. The van der Waals surface area contributed by atoms with E-state index in [1.807, 2.05) is 0 Å². The van der Waals surface area contributed by atoms with Crippen molar-refractivity contribution in [3.8, 4) is 39.1 Å². The van der Waals surface area contributed by atoms with E-state index in [4.69, 9.17) is 4.42 Å². The first-order valence-corrected chi connectivity index (χ1v) is 20.2. The molecule has 0 radical (unpaired) electrons. The van der Waals surface area contributed by atoms with Crippen LogP contribution in [0.3, 0.4) is 0 Å². The molecule has 12 rings (SSSR count). The van der Waals surface area contributed by atoms with E-state index in [2.05, 4.69) is 211 Å². The Morgan fingerprint density at radius 1 is 0.379 bits per heavy atom. The molecule has 0 N–H and O–H groups in total. The van der Waals surface area contributed by atoms with Gasteiger partial charge in [-0.1, -0.05) is 192 Å². The lowest BCUT2D eigenvalue weighted by Crippen LogP contribution is -2.56. The maximum Gasteiger partial charge on any atom is 0.241 e. The molecule has 0 aliphatic carbocycles. The van der Waals surface area contributed by atoms with Crippen LogP contribution in [0.1, 0.15) is 11.1 Å².